The van der Waals surface area contributed by atoms with E-state index in [1.807, 2.05) is 24.3 Å². The normalized spacial score (nSPS) is 10.6. The molecule has 1 N–H and O–H groups in total. The fourth-order valence-electron chi connectivity index (χ4n) is 1.92. The number of hydrogen-bond donors (Lipinski definition) is 1. The number of hydrogen-bond acceptors (Lipinski definition) is 5. The van der Waals surface area contributed by atoms with Crippen molar-refractivity contribution >= 4 is 17.3 Å². The molecule has 0 aliphatic carbocycles. The Morgan fingerprint density at radius 3 is 2.57 bits per heavy atom. The molecular weight excluding hydrogens is 290 g/mol. The lowest BCUT2D eigenvalue weighted by atomic mass is 10.1. The van der Waals surface area contributed by atoms with E-state index in [2.05, 4.69) is 4.98 Å². The zero-order valence-corrected chi connectivity index (χ0v) is 12.8. The number of aromatic nitrogens is 1. The first kappa shape index (κ1) is 15.5. The summed E-state index contributed by atoms with van der Waals surface area (Å²) in [5, 5.41) is 10.1. The average Bonchev–Trinajstić information content (AvgIpc) is 2.89. The third-order valence-electron chi connectivity index (χ3n) is 2.99. The first-order valence-electron chi connectivity index (χ1n) is 6.47. The molecule has 2 aromatic rings. The number of carbonyl (C=O) groups is 1. The van der Waals surface area contributed by atoms with E-state index in [0.29, 0.717) is 30.0 Å². The van der Waals surface area contributed by atoms with Crippen molar-refractivity contribution < 1.29 is 19.4 Å². The third-order valence-corrected chi connectivity index (χ3v) is 4.13. The number of benzene rings is 1. The molecule has 0 amide bonds. The maximum absolute atomic E-state index is 11.3. The second-order valence-electron chi connectivity index (χ2n) is 4.46. The first-order valence-corrected chi connectivity index (χ1v) is 7.29. The van der Waals surface area contributed by atoms with Gasteiger partial charge in [0.05, 0.1) is 24.4 Å². The molecule has 5 nitrogen and oxygen atoms in total. The lowest BCUT2D eigenvalue weighted by Gasteiger charge is -2.02. The summed E-state index contributed by atoms with van der Waals surface area (Å²) in [7, 11) is 3.23. The van der Waals surface area contributed by atoms with E-state index in [9.17, 15) is 9.90 Å². The highest BCUT2D eigenvalue weighted by atomic mass is 32.1. The minimum absolute atomic E-state index is 0.303. The van der Waals surface area contributed by atoms with Gasteiger partial charge in [-0.2, -0.15) is 0 Å². The molecule has 0 aliphatic heterocycles. The molecule has 112 valence electrons. The van der Waals surface area contributed by atoms with Crippen molar-refractivity contribution in [1.82, 2.24) is 4.98 Å². The van der Waals surface area contributed by atoms with Crippen LogP contribution in [-0.2, 0) is 17.6 Å². The average molecular weight is 307 g/mol. The highest BCUT2D eigenvalue weighted by molar-refractivity contribution is 7.13. The van der Waals surface area contributed by atoms with Crippen molar-refractivity contribution in [1.29, 1.82) is 0 Å². The largest absolute Gasteiger partial charge is 0.497 e. The van der Waals surface area contributed by atoms with Crippen molar-refractivity contribution in [3.05, 3.63) is 45.4 Å². The molecule has 1 heterocycles. The number of thiazole rings is 1. The summed E-state index contributed by atoms with van der Waals surface area (Å²) in [6.45, 7) is 0.536. The van der Waals surface area contributed by atoms with Gasteiger partial charge in [-0.15, -0.1) is 11.3 Å². The van der Waals surface area contributed by atoms with E-state index >= 15 is 0 Å². The van der Waals surface area contributed by atoms with E-state index in [1.165, 1.54) is 11.3 Å². The molecule has 0 spiro atoms. The number of aromatic carboxylic acids is 1. The summed E-state index contributed by atoms with van der Waals surface area (Å²) in [4.78, 5) is 16.1. The van der Waals surface area contributed by atoms with Gasteiger partial charge in [0, 0.05) is 20.0 Å². The predicted molar refractivity (Wildman–Crippen MR) is 80.5 cm³/mol. The molecule has 1 aromatic carbocycles. The Balaban J connectivity index is 2.20. The van der Waals surface area contributed by atoms with Crippen LogP contribution in [0, 0.1) is 0 Å². The number of ether oxygens (including phenoxy) is 2. The number of carboxylic acid groups (broad SMARTS) is 1. The smallest absolute Gasteiger partial charge is 0.347 e. The summed E-state index contributed by atoms with van der Waals surface area (Å²) in [6, 6.07) is 7.54. The summed E-state index contributed by atoms with van der Waals surface area (Å²) in [5.74, 6) is -0.157. The van der Waals surface area contributed by atoms with E-state index < -0.39 is 5.97 Å². The minimum Gasteiger partial charge on any atom is -0.497 e. The van der Waals surface area contributed by atoms with Gasteiger partial charge in [-0.3, -0.25) is 0 Å². The monoisotopic (exact) mass is 307 g/mol. The number of methoxy groups -OCH3 is 2. The van der Waals surface area contributed by atoms with E-state index in [4.69, 9.17) is 9.47 Å². The fraction of sp³-hybridized carbons (Fsp3) is 0.333. The van der Waals surface area contributed by atoms with Gasteiger partial charge in [0.1, 0.15) is 10.6 Å². The zero-order valence-electron chi connectivity index (χ0n) is 12.0. The van der Waals surface area contributed by atoms with Crippen LogP contribution in [0.1, 0.15) is 25.9 Å². The van der Waals surface area contributed by atoms with Gasteiger partial charge in [0.15, 0.2) is 0 Å². The van der Waals surface area contributed by atoms with E-state index in [-0.39, 0.29) is 0 Å². The van der Waals surface area contributed by atoms with Crippen molar-refractivity contribution in [2.24, 2.45) is 0 Å². The van der Waals surface area contributed by atoms with Crippen LogP contribution in [0.25, 0.3) is 0 Å². The van der Waals surface area contributed by atoms with Crippen LogP contribution < -0.4 is 4.74 Å². The molecule has 0 unspecified atom stereocenters. The van der Waals surface area contributed by atoms with E-state index in [0.717, 1.165) is 16.3 Å². The SMILES string of the molecule is COCCc1nc(Cc2ccc(OC)cc2)c(C(=O)O)s1. The highest BCUT2D eigenvalue weighted by Crippen LogP contribution is 2.23. The fourth-order valence-corrected chi connectivity index (χ4v) is 2.82. The maximum Gasteiger partial charge on any atom is 0.347 e. The Morgan fingerprint density at radius 2 is 2.00 bits per heavy atom. The topological polar surface area (TPSA) is 68.7 Å². The highest BCUT2D eigenvalue weighted by Gasteiger charge is 2.17. The Labute approximate surface area is 127 Å². The summed E-state index contributed by atoms with van der Waals surface area (Å²) < 4.78 is 10.1. The Hall–Kier alpha value is -1.92. The molecule has 0 saturated carbocycles. The van der Waals surface area contributed by atoms with Gasteiger partial charge in [0.25, 0.3) is 0 Å². The van der Waals surface area contributed by atoms with Crippen LogP contribution in [-0.4, -0.2) is 36.9 Å². The van der Waals surface area contributed by atoms with Crippen LogP contribution in [0.15, 0.2) is 24.3 Å². The number of carboxylic acids is 1. The lowest BCUT2D eigenvalue weighted by molar-refractivity contribution is 0.0701. The van der Waals surface area contributed by atoms with Crippen molar-refractivity contribution in [3.8, 4) is 5.75 Å². The summed E-state index contributed by atoms with van der Waals surface area (Å²) in [6.07, 6.45) is 1.12. The van der Waals surface area contributed by atoms with E-state index in [1.54, 1.807) is 14.2 Å². The van der Waals surface area contributed by atoms with Crippen molar-refractivity contribution in [3.63, 3.8) is 0 Å². The van der Waals surface area contributed by atoms with Crippen molar-refractivity contribution in [2.45, 2.75) is 12.8 Å². The quantitative estimate of drug-likeness (QED) is 0.851. The molecule has 6 heteroatoms. The maximum atomic E-state index is 11.3. The Bertz CT molecular complexity index is 607. The molecule has 0 aliphatic rings. The van der Waals surface area contributed by atoms with Gasteiger partial charge in [-0.05, 0) is 17.7 Å². The molecule has 0 radical (unpaired) electrons. The molecular formula is C15H17NO4S. The van der Waals surface area contributed by atoms with Crippen LogP contribution in [0.3, 0.4) is 0 Å². The zero-order chi connectivity index (χ0) is 15.2. The van der Waals surface area contributed by atoms with Gasteiger partial charge in [-0.25, -0.2) is 9.78 Å². The van der Waals surface area contributed by atoms with Gasteiger partial charge < -0.3 is 14.6 Å². The number of nitrogens with zero attached hydrogens (tertiary/aromatic N) is 1. The van der Waals surface area contributed by atoms with Gasteiger partial charge in [0.2, 0.25) is 0 Å². The summed E-state index contributed by atoms with van der Waals surface area (Å²) in [5.41, 5.74) is 1.60. The standard InChI is InChI=1S/C15H17NO4S/c1-19-8-7-13-16-12(14(21-13)15(17)18)9-10-3-5-11(20-2)6-4-10/h3-6H,7-9H2,1-2H3,(H,17,18). The molecule has 0 fully saturated rings. The predicted octanol–water partition coefficient (Wildman–Crippen LogP) is 2.63. The second-order valence-corrected chi connectivity index (χ2v) is 5.54. The molecule has 0 atom stereocenters. The first-order chi connectivity index (χ1) is 10.1. The minimum atomic E-state index is -0.931. The Morgan fingerprint density at radius 1 is 1.29 bits per heavy atom. The molecule has 21 heavy (non-hydrogen) atoms. The van der Waals surface area contributed by atoms with Crippen LogP contribution in [0.5, 0.6) is 5.75 Å². The van der Waals surface area contributed by atoms with Crippen molar-refractivity contribution in [2.75, 3.05) is 20.8 Å². The molecule has 2 rings (SSSR count). The second kappa shape index (κ2) is 7.19. The molecule has 0 bridgehead atoms. The third kappa shape index (κ3) is 4.03. The van der Waals surface area contributed by atoms with Gasteiger partial charge in [-0.1, -0.05) is 12.1 Å². The number of rotatable bonds is 7. The Kier molecular flexibility index (Phi) is 5.30. The van der Waals surface area contributed by atoms with Crippen LogP contribution >= 0.6 is 11.3 Å². The van der Waals surface area contributed by atoms with Crippen LogP contribution in [0.4, 0.5) is 0 Å². The summed E-state index contributed by atoms with van der Waals surface area (Å²) >= 11 is 1.22. The molecule has 1 aromatic heterocycles. The van der Waals surface area contributed by atoms with Crippen LogP contribution in [0.2, 0.25) is 0 Å². The lowest BCUT2D eigenvalue weighted by Crippen LogP contribution is -2.00. The molecule has 0 saturated heterocycles. The van der Waals surface area contributed by atoms with Gasteiger partial charge >= 0.3 is 5.97 Å².